The lowest BCUT2D eigenvalue weighted by Crippen LogP contribution is -2.49. The van der Waals surface area contributed by atoms with E-state index in [9.17, 15) is 9.18 Å². The molecule has 0 aliphatic carbocycles. The van der Waals surface area contributed by atoms with Gasteiger partial charge in [0.25, 0.3) is 0 Å². The first kappa shape index (κ1) is 18.1. The third-order valence-corrected chi connectivity index (χ3v) is 5.60. The first-order chi connectivity index (χ1) is 13.1. The van der Waals surface area contributed by atoms with Crippen LogP contribution < -0.4 is 5.32 Å². The minimum absolute atomic E-state index is 0.0276. The summed E-state index contributed by atoms with van der Waals surface area (Å²) >= 11 is 0. The van der Waals surface area contributed by atoms with Gasteiger partial charge in [0.05, 0.1) is 25.0 Å². The van der Waals surface area contributed by atoms with E-state index in [4.69, 9.17) is 4.74 Å². The van der Waals surface area contributed by atoms with Gasteiger partial charge in [-0.15, -0.1) is 0 Å². The predicted molar refractivity (Wildman–Crippen MR) is 98.7 cm³/mol. The number of halogens is 1. The zero-order valence-corrected chi connectivity index (χ0v) is 15.3. The average Bonchev–Trinajstić information content (AvgIpc) is 3.16. The van der Waals surface area contributed by atoms with Crippen molar-refractivity contribution in [2.24, 2.45) is 0 Å². The van der Waals surface area contributed by atoms with Crippen LogP contribution in [0.15, 0.2) is 30.5 Å². The minimum Gasteiger partial charge on any atom is -0.368 e. The predicted octanol–water partition coefficient (Wildman–Crippen LogP) is 1.77. The lowest BCUT2D eigenvalue weighted by Gasteiger charge is -2.43. The number of hydrogen-bond acceptors (Lipinski definition) is 4. The number of H-pyrrole nitrogens is 1. The number of rotatable bonds is 5. The Morgan fingerprint density at radius 2 is 2.07 bits per heavy atom. The van der Waals surface area contributed by atoms with Crippen molar-refractivity contribution in [3.63, 3.8) is 0 Å². The van der Waals surface area contributed by atoms with Crippen molar-refractivity contribution in [3.8, 4) is 0 Å². The number of ether oxygens (including phenoxy) is 1. The summed E-state index contributed by atoms with van der Waals surface area (Å²) in [6, 6.07) is 6.39. The molecular formula is C20H25FN4O2. The minimum atomic E-state index is -0.264. The molecule has 0 radical (unpaired) electrons. The Labute approximate surface area is 158 Å². The maximum absolute atomic E-state index is 12.9. The molecule has 1 fully saturated rings. The maximum atomic E-state index is 12.9. The molecule has 1 aromatic carbocycles. The van der Waals surface area contributed by atoms with Gasteiger partial charge in [0.2, 0.25) is 5.91 Å². The van der Waals surface area contributed by atoms with E-state index in [-0.39, 0.29) is 17.3 Å². The van der Waals surface area contributed by atoms with Gasteiger partial charge in [0.1, 0.15) is 11.4 Å². The van der Waals surface area contributed by atoms with Crippen molar-refractivity contribution >= 4 is 5.91 Å². The van der Waals surface area contributed by atoms with Crippen LogP contribution in [-0.4, -0.2) is 53.8 Å². The topological polar surface area (TPSA) is 70.2 Å². The van der Waals surface area contributed by atoms with E-state index >= 15 is 0 Å². The van der Waals surface area contributed by atoms with E-state index in [0.29, 0.717) is 19.5 Å². The SMILES string of the molecule is O=C(CN1CCC2(CC1)OCCc1cn[nH]c12)NCCc1ccc(F)cc1. The van der Waals surface area contributed by atoms with Crippen molar-refractivity contribution in [2.75, 3.05) is 32.8 Å². The van der Waals surface area contributed by atoms with Gasteiger partial charge < -0.3 is 10.1 Å². The smallest absolute Gasteiger partial charge is 0.234 e. The largest absolute Gasteiger partial charge is 0.368 e. The maximum Gasteiger partial charge on any atom is 0.234 e. The number of aromatic amines is 1. The normalized spacial score (nSPS) is 19.0. The number of carbonyl (C=O) groups excluding carboxylic acids is 1. The van der Waals surface area contributed by atoms with Crippen molar-refractivity contribution in [1.82, 2.24) is 20.4 Å². The zero-order valence-electron chi connectivity index (χ0n) is 15.3. The second-order valence-electron chi connectivity index (χ2n) is 7.37. The Kier molecular flexibility index (Phi) is 5.22. The molecule has 6 nitrogen and oxygen atoms in total. The van der Waals surface area contributed by atoms with Crippen LogP contribution in [0, 0.1) is 5.82 Å². The van der Waals surface area contributed by atoms with Gasteiger partial charge in [-0.3, -0.25) is 14.8 Å². The molecule has 2 aliphatic heterocycles. The van der Waals surface area contributed by atoms with Crippen molar-refractivity contribution in [1.29, 1.82) is 0 Å². The molecule has 7 heteroatoms. The molecule has 0 unspecified atom stereocenters. The Hall–Kier alpha value is -2.25. The quantitative estimate of drug-likeness (QED) is 0.839. The summed E-state index contributed by atoms with van der Waals surface area (Å²) in [6.45, 7) is 3.34. The van der Waals surface area contributed by atoms with E-state index in [1.165, 1.54) is 17.7 Å². The fourth-order valence-electron chi connectivity index (χ4n) is 4.05. The Morgan fingerprint density at radius 1 is 1.30 bits per heavy atom. The molecule has 1 spiro atoms. The Morgan fingerprint density at radius 3 is 2.85 bits per heavy atom. The monoisotopic (exact) mass is 372 g/mol. The summed E-state index contributed by atoms with van der Waals surface area (Å²) in [5.41, 5.74) is 3.13. The number of benzene rings is 1. The van der Waals surface area contributed by atoms with E-state index in [2.05, 4.69) is 20.4 Å². The van der Waals surface area contributed by atoms with Crippen LogP contribution in [0.2, 0.25) is 0 Å². The molecule has 1 aromatic heterocycles. The highest BCUT2D eigenvalue weighted by molar-refractivity contribution is 5.78. The van der Waals surface area contributed by atoms with Crippen molar-refractivity contribution in [3.05, 3.63) is 53.1 Å². The van der Waals surface area contributed by atoms with Gasteiger partial charge in [-0.25, -0.2) is 4.39 Å². The van der Waals surface area contributed by atoms with E-state index in [0.717, 1.165) is 50.2 Å². The molecule has 3 heterocycles. The van der Waals surface area contributed by atoms with E-state index in [1.54, 1.807) is 12.1 Å². The summed E-state index contributed by atoms with van der Waals surface area (Å²) in [5, 5.41) is 10.3. The molecule has 27 heavy (non-hydrogen) atoms. The fourth-order valence-corrected chi connectivity index (χ4v) is 4.05. The molecule has 1 saturated heterocycles. The molecule has 144 valence electrons. The van der Waals surface area contributed by atoms with Crippen LogP contribution in [0.4, 0.5) is 4.39 Å². The standard InChI is InChI=1S/C20H25FN4O2/c21-17-3-1-15(2-4-17)5-9-22-18(26)14-25-10-7-20(8-11-25)19-16(6-12-27-20)13-23-24-19/h1-4,13H,5-12,14H2,(H,22,26)(H,23,24). The van der Waals surface area contributed by atoms with Gasteiger partial charge in [-0.05, 0) is 48.9 Å². The molecule has 4 rings (SSSR count). The van der Waals surface area contributed by atoms with E-state index in [1.807, 2.05) is 6.20 Å². The van der Waals surface area contributed by atoms with Crippen LogP contribution in [0.25, 0.3) is 0 Å². The highest BCUT2D eigenvalue weighted by Gasteiger charge is 2.42. The highest BCUT2D eigenvalue weighted by Crippen LogP contribution is 2.40. The second kappa shape index (κ2) is 7.78. The molecule has 0 bridgehead atoms. The number of hydrogen-bond donors (Lipinski definition) is 2. The Balaban J connectivity index is 1.23. The van der Waals surface area contributed by atoms with Gasteiger partial charge in [-0.2, -0.15) is 5.10 Å². The third-order valence-electron chi connectivity index (χ3n) is 5.60. The summed E-state index contributed by atoms with van der Waals surface area (Å²) < 4.78 is 19.0. The number of aromatic nitrogens is 2. The van der Waals surface area contributed by atoms with Crippen LogP contribution >= 0.6 is 0 Å². The first-order valence-electron chi connectivity index (χ1n) is 9.55. The lowest BCUT2D eigenvalue weighted by atomic mass is 9.84. The molecule has 2 aliphatic rings. The first-order valence-corrected chi connectivity index (χ1v) is 9.55. The summed E-state index contributed by atoms with van der Waals surface area (Å²) in [7, 11) is 0. The molecular weight excluding hydrogens is 347 g/mol. The molecule has 0 saturated carbocycles. The average molecular weight is 372 g/mol. The van der Waals surface area contributed by atoms with Crippen molar-refractivity contribution < 1.29 is 13.9 Å². The Bertz CT molecular complexity index is 782. The van der Waals surface area contributed by atoms with Crippen LogP contribution in [-0.2, 0) is 28.0 Å². The molecule has 2 aromatic rings. The van der Waals surface area contributed by atoms with E-state index < -0.39 is 0 Å². The highest BCUT2D eigenvalue weighted by atomic mass is 19.1. The summed E-state index contributed by atoms with van der Waals surface area (Å²) in [6.07, 6.45) is 5.25. The lowest BCUT2D eigenvalue weighted by molar-refractivity contribution is -0.126. The van der Waals surface area contributed by atoms with Crippen LogP contribution in [0.1, 0.15) is 29.7 Å². The number of piperidine rings is 1. The molecule has 2 N–H and O–H groups in total. The number of likely N-dealkylation sites (tertiary alicyclic amines) is 1. The number of carbonyl (C=O) groups is 1. The van der Waals surface area contributed by atoms with Gasteiger partial charge >= 0.3 is 0 Å². The third kappa shape index (κ3) is 4.04. The van der Waals surface area contributed by atoms with Crippen molar-refractivity contribution in [2.45, 2.75) is 31.3 Å². The molecule has 0 atom stereocenters. The second-order valence-corrected chi connectivity index (χ2v) is 7.37. The summed E-state index contributed by atoms with van der Waals surface area (Å²) in [4.78, 5) is 14.4. The number of nitrogens with zero attached hydrogens (tertiary/aromatic N) is 2. The van der Waals surface area contributed by atoms with Crippen LogP contribution in [0.5, 0.6) is 0 Å². The van der Waals surface area contributed by atoms with Gasteiger partial charge in [0, 0.05) is 19.6 Å². The fraction of sp³-hybridized carbons (Fsp3) is 0.500. The van der Waals surface area contributed by atoms with Crippen LogP contribution in [0.3, 0.4) is 0 Å². The number of nitrogens with one attached hydrogen (secondary N) is 2. The summed E-state index contributed by atoms with van der Waals surface area (Å²) in [5.74, 6) is -0.213. The molecule has 1 amide bonds. The number of fused-ring (bicyclic) bond motifs is 2. The number of amides is 1. The van der Waals surface area contributed by atoms with Gasteiger partial charge in [-0.1, -0.05) is 12.1 Å². The van der Waals surface area contributed by atoms with Gasteiger partial charge in [0.15, 0.2) is 0 Å². The zero-order chi connectivity index (χ0) is 18.7.